The number of aryl methyl sites for hydroxylation is 1. The zero-order valence-electron chi connectivity index (χ0n) is 11.3. The minimum Gasteiger partial charge on any atom is -0.381 e. The first-order valence-electron chi connectivity index (χ1n) is 6.63. The maximum Gasteiger partial charge on any atom is 0.0546 e. The molecule has 0 saturated carbocycles. The first kappa shape index (κ1) is 14.2. The van der Waals surface area contributed by atoms with Gasteiger partial charge in [-0.2, -0.15) is 0 Å². The van der Waals surface area contributed by atoms with Gasteiger partial charge in [0.1, 0.15) is 0 Å². The SMILES string of the molecule is CCCNCC(COCC)c1ccccc1C. The highest BCUT2D eigenvalue weighted by Gasteiger charge is 2.13. The van der Waals surface area contributed by atoms with E-state index in [2.05, 4.69) is 43.4 Å². The van der Waals surface area contributed by atoms with Gasteiger partial charge >= 0.3 is 0 Å². The van der Waals surface area contributed by atoms with Crippen molar-refractivity contribution in [3.8, 4) is 0 Å². The van der Waals surface area contributed by atoms with Gasteiger partial charge in [-0.15, -0.1) is 0 Å². The second-order valence-electron chi connectivity index (χ2n) is 4.42. The molecule has 0 aromatic heterocycles. The number of benzene rings is 1. The molecule has 0 bridgehead atoms. The lowest BCUT2D eigenvalue weighted by Gasteiger charge is -2.19. The molecular formula is C15H25NO. The molecule has 0 saturated heterocycles. The molecule has 0 radical (unpaired) electrons. The molecule has 0 aliphatic carbocycles. The van der Waals surface area contributed by atoms with E-state index in [0.29, 0.717) is 5.92 Å². The first-order chi connectivity index (χ1) is 8.29. The van der Waals surface area contributed by atoms with Crippen LogP contribution in [-0.4, -0.2) is 26.3 Å². The molecule has 2 heteroatoms. The Hall–Kier alpha value is -0.860. The third kappa shape index (κ3) is 4.88. The molecule has 0 heterocycles. The topological polar surface area (TPSA) is 21.3 Å². The van der Waals surface area contributed by atoms with Crippen molar-refractivity contribution >= 4 is 0 Å². The van der Waals surface area contributed by atoms with Crippen LogP contribution in [0.1, 0.15) is 37.3 Å². The predicted octanol–water partition coefficient (Wildman–Crippen LogP) is 3.11. The van der Waals surface area contributed by atoms with E-state index in [1.807, 2.05) is 6.92 Å². The zero-order valence-corrected chi connectivity index (χ0v) is 11.3. The van der Waals surface area contributed by atoms with Crippen LogP contribution in [0.25, 0.3) is 0 Å². The number of ether oxygens (including phenoxy) is 1. The first-order valence-corrected chi connectivity index (χ1v) is 6.63. The van der Waals surface area contributed by atoms with Gasteiger partial charge in [-0.25, -0.2) is 0 Å². The van der Waals surface area contributed by atoms with Gasteiger partial charge in [0.25, 0.3) is 0 Å². The van der Waals surface area contributed by atoms with Crippen LogP contribution in [-0.2, 0) is 4.74 Å². The molecule has 0 spiro atoms. The van der Waals surface area contributed by atoms with Crippen molar-refractivity contribution < 1.29 is 4.74 Å². The lowest BCUT2D eigenvalue weighted by atomic mass is 9.95. The van der Waals surface area contributed by atoms with E-state index in [0.717, 1.165) is 26.3 Å². The molecule has 0 aliphatic rings. The summed E-state index contributed by atoms with van der Waals surface area (Å²) in [7, 11) is 0. The highest BCUT2D eigenvalue weighted by molar-refractivity contribution is 5.29. The van der Waals surface area contributed by atoms with Crippen molar-refractivity contribution in [2.75, 3.05) is 26.3 Å². The van der Waals surface area contributed by atoms with E-state index in [1.54, 1.807) is 0 Å². The Balaban J connectivity index is 2.64. The fourth-order valence-electron chi connectivity index (χ4n) is 2.02. The molecule has 1 aromatic carbocycles. The van der Waals surface area contributed by atoms with Crippen molar-refractivity contribution in [1.82, 2.24) is 5.32 Å². The molecule has 1 atom stereocenters. The van der Waals surface area contributed by atoms with Crippen molar-refractivity contribution in [1.29, 1.82) is 0 Å². The van der Waals surface area contributed by atoms with Gasteiger partial charge in [0.2, 0.25) is 0 Å². The molecule has 1 N–H and O–H groups in total. The zero-order chi connectivity index (χ0) is 12.5. The van der Waals surface area contributed by atoms with Crippen LogP contribution in [0.15, 0.2) is 24.3 Å². The molecule has 0 amide bonds. The van der Waals surface area contributed by atoms with Gasteiger partial charge in [0.05, 0.1) is 6.61 Å². The van der Waals surface area contributed by atoms with Crippen LogP contribution in [0.3, 0.4) is 0 Å². The standard InChI is InChI=1S/C15H25NO/c1-4-10-16-11-14(12-17-5-2)15-9-7-6-8-13(15)3/h6-9,14,16H,4-5,10-12H2,1-3H3. The van der Waals surface area contributed by atoms with Crippen LogP contribution < -0.4 is 5.32 Å². The maximum atomic E-state index is 5.60. The van der Waals surface area contributed by atoms with Gasteiger partial charge in [0, 0.05) is 19.1 Å². The van der Waals surface area contributed by atoms with Crippen molar-refractivity contribution in [2.24, 2.45) is 0 Å². The van der Waals surface area contributed by atoms with Gasteiger partial charge in [-0.1, -0.05) is 31.2 Å². The highest BCUT2D eigenvalue weighted by Crippen LogP contribution is 2.19. The molecule has 0 fully saturated rings. The summed E-state index contributed by atoms with van der Waals surface area (Å²) in [6.07, 6.45) is 1.18. The van der Waals surface area contributed by atoms with Crippen LogP contribution in [0, 0.1) is 6.92 Å². The largest absolute Gasteiger partial charge is 0.381 e. The molecule has 17 heavy (non-hydrogen) atoms. The normalized spacial score (nSPS) is 12.6. The number of hydrogen-bond acceptors (Lipinski definition) is 2. The maximum absolute atomic E-state index is 5.60. The van der Waals surface area contributed by atoms with Gasteiger partial charge in [0.15, 0.2) is 0 Å². The Morgan fingerprint density at radius 1 is 1.24 bits per heavy atom. The summed E-state index contributed by atoms with van der Waals surface area (Å²) >= 11 is 0. The van der Waals surface area contributed by atoms with E-state index in [4.69, 9.17) is 4.74 Å². The predicted molar refractivity (Wildman–Crippen MR) is 73.6 cm³/mol. The minimum absolute atomic E-state index is 0.461. The lowest BCUT2D eigenvalue weighted by Crippen LogP contribution is -2.25. The van der Waals surface area contributed by atoms with Crippen molar-refractivity contribution in [3.05, 3.63) is 35.4 Å². The van der Waals surface area contributed by atoms with Gasteiger partial charge < -0.3 is 10.1 Å². The Bertz CT molecular complexity index is 312. The Kier molecular flexibility index (Phi) is 6.90. The van der Waals surface area contributed by atoms with Crippen LogP contribution >= 0.6 is 0 Å². The van der Waals surface area contributed by atoms with Crippen molar-refractivity contribution in [2.45, 2.75) is 33.1 Å². The third-order valence-corrected chi connectivity index (χ3v) is 2.97. The Morgan fingerprint density at radius 2 is 2.00 bits per heavy atom. The summed E-state index contributed by atoms with van der Waals surface area (Å²) in [6.45, 7) is 10.1. The summed E-state index contributed by atoms with van der Waals surface area (Å²) in [4.78, 5) is 0. The molecule has 0 aliphatic heterocycles. The van der Waals surface area contributed by atoms with E-state index in [9.17, 15) is 0 Å². The average Bonchev–Trinajstić information content (AvgIpc) is 2.35. The summed E-state index contributed by atoms with van der Waals surface area (Å²) in [6, 6.07) is 8.60. The molecule has 1 unspecified atom stereocenters. The average molecular weight is 235 g/mol. The molecular weight excluding hydrogens is 210 g/mol. The molecule has 2 nitrogen and oxygen atoms in total. The fourth-order valence-corrected chi connectivity index (χ4v) is 2.02. The summed E-state index contributed by atoms with van der Waals surface area (Å²) in [5, 5.41) is 3.49. The third-order valence-electron chi connectivity index (χ3n) is 2.97. The van der Waals surface area contributed by atoms with E-state index in [-0.39, 0.29) is 0 Å². The molecule has 1 aromatic rings. The van der Waals surface area contributed by atoms with E-state index >= 15 is 0 Å². The second kappa shape index (κ2) is 8.26. The minimum atomic E-state index is 0.461. The summed E-state index contributed by atoms with van der Waals surface area (Å²) < 4.78 is 5.60. The summed E-state index contributed by atoms with van der Waals surface area (Å²) in [5.41, 5.74) is 2.76. The van der Waals surface area contributed by atoms with Gasteiger partial charge in [-0.3, -0.25) is 0 Å². The molecule has 96 valence electrons. The lowest BCUT2D eigenvalue weighted by molar-refractivity contribution is 0.131. The number of rotatable bonds is 8. The fraction of sp³-hybridized carbons (Fsp3) is 0.600. The Labute approximate surface area is 105 Å². The highest BCUT2D eigenvalue weighted by atomic mass is 16.5. The second-order valence-corrected chi connectivity index (χ2v) is 4.42. The van der Waals surface area contributed by atoms with Crippen LogP contribution in [0.2, 0.25) is 0 Å². The van der Waals surface area contributed by atoms with Crippen molar-refractivity contribution in [3.63, 3.8) is 0 Å². The number of nitrogens with one attached hydrogen (secondary N) is 1. The number of hydrogen-bond donors (Lipinski definition) is 1. The van der Waals surface area contributed by atoms with E-state index < -0.39 is 0 Å². The van der Waals surface area contributed by atoms with Crippen LogP contribution in [0.4, 0.5) is 0 Å². The van der Waals surface area contributed by atoms with E-state index in [1.165, 1.54) is 17.5 Å². The quantitative estimate of drug-likeness (QED) is 0.699. The Morgan fingerprint density at radius 3 is 2.65 bits per heavy atom. The van der Waals surface area contributed by atoms with Crippen LogP contribution in [0.5, 0.6) is 0 Å². The van der Waals surface area contributed by atoms with Gasteiger partial charge in [-0.05, 0) is 37.9 Å². The monoisotopic (exact) mass is 235 g/mol. The molecule has 1 rings (SSSR count). The smallest absolute Gasteiger partial charge is 0.0546 e. The summed E-state index contributed by atoms with van der Waals surface area (Å²) in [5.74, 6) is 0.461.